The fourth-order valence-corrected chi connectivity index (χ4v) is 5.82. The molecule has 0 radical (unpaired) electrons. The predicted octanol–water partition coefficient (Wildman–Crippen LogP) is 6.20. The second kappa shape index (κ2) is 10.8. The molecule has 2 aromatic carbocycles. The largest absolute Gasteiger partial charge is 0.349 e. The highest BCUT2D eigenvalue weighted by Gasteiger charge is 2.21. The second-order valence-electron chi connectivity index (χ2n) is 8.18. The first-order chi connectivity index (χ1) is 16.9. The van der Waals surface area contributed by atoms with E-state index in [-0.39, 0.29) is 10.1 Å². The molecule has 0 aliphatic carbocycles. The number of aromatic nitrogens is 1. The summed E-state index contributed by atoms with van der Waals surface area (Å²) in [5, 5.41) is 2.47. The minimum atomic E-state index is -3.71. The lowest BCUT2D eigenvalue weighted by molar-refractivity contribution is 0.0753. The van der Waals surface area contributed by atoms with Crippen molar-refractivity contribution >= 4 is 43.9 Å². The Kier molecular flexibility index (Phi) is 7.53. The molecule has 0 saturated heterocycles. The quantitative estimate of drug-likeness (QED) is 0.266. The van der Waals surface area contributed by atoms with E-state index in [2.05, 4.69) is 9.71 Å². The molecule has 6 nitrogen and oxygen atoms in total. The van der Waals surface area contributed by atoms with E-state index < -0.39 is 10.0 Å². The monoisotopic (exact) mass is 505 g/mol. The van der Waals surface area contributed by atoms with Gasteiger partial charge in [-0.25, -0.2) is 8.42 Å². The maximum atomic E-state index is 13.6. The molecular formula is C27H27N3O3S2. The highest BCUT2D eigenvalue weighted by atomic mass is 32.2. The molecule has 4 rings (SSSR count). The summed E-state index contributed by atoms with van der Waals surface area (Å²) >= 11 is 1.15. The van der Waals surface area contributed by atoms with E-state index in [1.165, 1.54) is 0 Å². The van der Waals surface area contributed by atoms with Crippen LogP contribution in [0.3, 0.4) is 0 Å². The van der Waals surface area contributed by atoms with E-state index in [0.717, 1.165) is 27.9 Å². The molecule has 0 fully saturated rings. The van der Waals surface area contributed by atoms with Crippen molar-refractivity contribution in [1.29, 1.82) is 0 Å². The number of hydrogen-bond acceptors (Lipinski definition) is 4. The van der Waals surface area contributed by atoms with Gasteiger partial charge in [-0.1, -0.05) is 72.3 Å². The van der Waals surface area contributed by atoms with Gasteiger partial charge in [0, 0.05) is 18.5 Å². The van der Waals surface area contributed by atoms with Crippen LogP contribution in [-0.2, 0) is 16.6 Å². The van der Waals surface area contributed by atoms with Crippen molar-refractivity contribution in [2.24, 2.45) is 0 Å². The summed E-state index contributed by atoms with van der Waals surface area (Å²) in [5.41, 5.74) is 3.44. The molecule has 2 N–H and O–H groups in total. The summed E-state index contributed by atoms with van der Waals surface area (Å²) in [6.07, 6.45) is 5.90. The van der Waals surface area contributed by atoms with Crippen molar-refractivity contribution in [3.63, 3.8) is 0 Å². The Labute approximate surface area is 209 Å². The Morgan fingerprint density at radius 1 is 1.09 bits per heavy atom. The summed E-state index contributed by atoms with van der Waals surface area (Å²) in [6, 6.07) is 20.2. The molecule has 0 unspecified atom stereocenters. The minimum absolute atomic E-state index is 0.162. The third-order valence-electron chi connectivity index (χ3n) is 5.41. The molecule has 4 aromatic rings. The van der Waals surface area contributed by atoms with Crippen LogP contribution in [0.2, 0.25) is 0 Å². The van der Waals surface area contributed by atoms with Crippen molar-refractivity contribution < 1.29 is 13.2 Å². The molecule has 0 aliphatic rings. The zero-order chi connectivity index (χ0) is 24.8. The Morgan fingerprint density at radius 2 is 1.89 bits per heavy atom. The van der Waals surface area contributed by atoms with Gasteiger partial charge in [-0.3, -0.25) is 9.52 Å². The molecule has 0 aliphatic heterocycles. The van der Waals surface area contributed by atoms with Crippen LogP contribution in [0.25, 0.3) is 10.9 Å². The van der Waals surface area contributed by atoms with E-state index in [4.69, 9.17) is 0 Å². The number of rotatable bonds is 9. The number of aromatic amines is 1. The van der Waals surface area contributed by atoms with Crippen LogP contribution in [0.1, 0.15) is 29.9 Å². The average molecular weight is 506 g/mol. The first-order valence-corrected chi connectivity index (χ1v) is 13.5. The van der Waals surface area contributed by atoms with Crippen molar-refractivity contribution in [3.8, 4) is 0 Å². The van der Waals surface area contributed by atoms with Gasteiger partial charge in [0.05, 0.1) is 11.2 Å². The first kappa shape index (κ1) is 24.5. The van der Waals surface area contributed by atoms with Gasteiger partial charge in [-0.2, -0.15) is 0 Å². The molecule has 0 atom stereocenters. The second-order valence-corrected chi connectivity index (χ2v) is 11.0. The van der Waals surface area contributed by atoms with Crippen LogP contribution in [0.15, 0.2) is 100 Å². The number of carbonyl (C=O) groups excluding carboxylic acids is 1. The van der Waals surface area contributed by atoms with Gasteiger partial charge in [0.2, 0.25) is 0 Å². The number of sulfonamides is 1. The standard InChI is InChI=1S/C27H27N3O3S2/c1-3-4-10-20(2)18-30(19-21-11-6-5-7-12-21)27(31)24-17-22-13-8-14-23(26(22)28-24)29-35(32,33)25-15-9-16-34-25/h3-17,28-29H,18-19H2,1-2H3/b4-3-,20-10+. The number of H-pyrrole nitrogens is 1. The van der Waals surface area contributed by atoms with Gasteiger partial charge >= 0.3 is 0 Å². The Balaban J connectivity index is 1.66. The molecule has 180 valence electrons. The molecule has 0 bridgehead atoms. The van der Waals surface area contributed by atoms with E-state index in [0.29, 0.717) is 30.0 Å². The summed E-state index contributed by atoms with van der Waals surface area (Å²) in [6.45, 7) is 4.86. The zero-order valence-electron chi connectivity index (χ0n) is 19.6. The van der Waals surface area contributed by atoms with Crippen molar-refractivity contribution in [2.45, 2.75) is 24.6 Å². The minimum Gasteiger partial charge on any atom is -0.349 e. The van der Waals surface area contributed by atoms with Crippen LogP contribution < -0.4 is 4.72 Å². The van der Waals surface area contributed by atoms with E-state index in [1.54, 1.807) is 40.6 Å². The van der Waals surface area contributed by atoms with Crippen LogP contribution in [0, 0.1) is 0 Å². The molecule has 8 heteroatoms. The Bertz CT molecular complexity index is 1470. The fourth-order valence-electron chi connectivity index (χ4n) is 3.76. The lowest BCUT2D eigenvalue weighted by Crippen LogP contribution is -2.32. The number of nitrogens with one attached hydrogen (secondary N) is 2. The lowest BCUT2D eigenvalue weighted by Gasteiger charge is -2.23. The highest BCUT2D eigenvalue weighted by Crippen LogP contribution is 2.28. The van der Waals surface area contributed by atoms with E-state index in [9.17, 15) is 13.2 Å². The predicted molar refractivity (Wildman–Crippen MR) is 143 cm³/mol. The van der Waals surface area contributed by atoms with Gasteiger partial charge in [0.15, 0.2) is 0 Å². The third kappa shape index (κ3) is 5.90. The van der Waals surface area contributed by atoms with E-state index in [1.807, 2.05) is 68.5 Å². The Hall–Kier alpha value is -3.62. The van der Waals surface area contributed by atoms with Gasteiger partial charge in [-0.15, -0.1) is 11.3 Å². The molecule has 2 aromatic heterocycles. The average Bonchev–Trinajstić information content (AvgIpc) is 3.54. The van der Waals surface area contributed by atoms with Gasteiger partial charge in [0.25, 0.3) is 15.9 Å². The number of carbonyl (C=O) groups is 1. The van der Waals surface area contributed by atoms with Crippen LogP contribution >= 0.6 is 11.3 Å². The summed E-state index contributed by atoms with van der Waals surface area (Å²) in [4.78, 5) is 18.6. The number of thiophene rings is 1. The highest BCUT2D eigenvalue weighted by molar-refractivity contribution is 7.94. The third-order valence-corrected chi connectivity index (χ3v) is 8.17. The molecule has 2 heterocycles. The van der Waals surface area contributed by atoms with Crippen molar-refractivity contribution in [2.75, 3.05) is 11.3 Å². The number of allylic oxidation sites excluding steroid dienone is 3. The number of benzene rings is 2. The maximum Gasteiger partial charge on any atom is 0.271 e. The van der Waals surface area contributed by atoms with E-state index >= 15 is 0 Å². The van der Waals surface area contributed by atoms with Gasteiger partial charge < -0.3 is 9.88 Å². The number of hydrogen-bond donors (Lipinski definition) is 2. The number of fused-ring (bicyclic) bond motifs is 1. The molecule has 0 spiro atoms. The van der Waals surface area contributed by atoms with Crippen LogP contribution in [0.4, 0.5) is 5.69 Å². The smallest absolute Gasteiger partial charge is 0.271 e. The van der Waals surface area contributed by atoms with Gasteiger partial charge in [0.1, 0.15) is 9.90 Å². The normalized spacial score (nSPS) is 12.3. The van der Waals surface area contributed by atoms with Gasteiger partial charge in [-0.05, 0) is 43.0 Å². The molecule has 35 heavy (non-hydrogen) atoms. The number of para-hydroxylation sites is 1. The first-order valence-electron chi connectivity index (χ1n) is 11.2. The van der Waals surface area contributed by atoms with Crippen LogP contribution in [0.5, 0.6) is 0 Å². The molecule has 0 saturated carbocycles. The number of nitrogens with zero attached hydrogens (tertiary/aromatic N) is 1. The maximum absolute atomic E-state index is 13.6. The van der Waals surface area contributed by atoms with Crippen molar-refractivity contribution in [3.05, 3.63) is 107 Å². The summed E-state index contributed by atoms with van der Waals surface area (Å²) in [7, 11) is -3.71. The number of anilines is 1. The molecule has 1 amide bonds. The summed E-state index contributed by atoms with van der Waals surface area (Å²) < 4.78 is 28.4. The fraction of sp³-hybridized carbons (Fsp3) is 0.148. The molecular weight excluding hydrogens is 478 g/mol. The van der Waals surface area contributed by atoms with Crippen LogP contribution in [-0.4, -0.2) is 30.8 Å². The summed E-state index contributed by atoms with van der Waals surface area (Å²) in [5.74, 6) is -0.162. The number of amides is 1. The van der Waals surface area contributed by atoms with Crippen molar-refractivity contribution in [1.82, 2.24) is 9.88 Å². The zero-order valence-corrected chi connectivity index (χ0v) is 21.2. The topological polar surface area (TPSA) is 82.3 Å². The SMILES string of the molecule is C/C=C\C=C(/C)CN(Cc1ccccc1)C(=O)c1cc2cccc(NS(=O)(=O)c3cccs3)c2[nH]1. The Morgan fingerprint density at radius 3 is 2.60 bits per heavy atom. The lowest BCUT2D eigenvalue weighted by atomic mass is 10.1.